The maximum Gasteiger partial charge on any atom is 0.573 e. The molecule has 0 saturated heterocycles. The minimum Gasteiger partial charge on any atom is -0.406 e. The number of amides is 1. The van der Waals surface area contributed by atoms with Crippen LogP contribution in [0.25, 0.3) is 0 Å². The Morgan fingerprint density at radius 2 is 1.89 bits per heavy atom. The number of benzene rings is 1. The Kier molecular flexibility index (Phi) is 5.78. The second-order valence-electron chi connectivity index (χ2n) is 5.73. The SMILES string of the molecule is Cc1cccc(Nc2nc(CC(=O)Nc3ccc(OC(F)(F)F)cc3)cs2)n1. The summed E-state index contributed by atoms with van der Waals surface area (Å²) in [6.07, 6.45) is -4.73. The molecule has 3 rings (SSSR count). The van der Waals surface area contributed by atoms with E-state index < -0.39 is 6.36 Å². The number of hydrogen-bond acceptors (Lipinski definition) is 6. The van der Waals surface area contributed by atoms with Gasteiger partial charge in [-0.05, 0) is 43.3 Å². The molecule has 2 heterocycles. The highest BCUT2D eigenvalue weighted by Crippen LogP contribution is 2.24. The molecular formula is C18H15F3N4O2S. The van der Waals surface area contributed by atoms with Crippen LogP contribution in [0.3, 0.4) is 0 Å². The van der Waals surface area contributed by atoms with Gasteiger partial charge in [0.2, 0.25) is 5.91 Å². The van der Waals surface area contributed by atoms with E-state index in [-0.39, 0.29) is 18.1 Å². The number of aryl methyl sites for hydroxylation is 1. The molecule has 0 bridgehead atoms. The van der Waals surface area contributed by atoms with Gasteiger partial charge in [0.25, 0.3) is 0 Å². The van der Waals surface area contributed by atoms with Gasteiger partial charge >= 0.3 is 6.36 Å². The number of nitrogens with one attached hydrogen (secondary N) is 2. The highest BCUT2D eigenvalue weighted by atomic mass is 32.1. The molecule has 0 aliphatic heterocycles. The number of pyridine rings is 1. The molecule has 0 unspecified atom stereocenters. The third kappa shape index (κ3) is 5.95. The fraction of sp³-hybridized carbons (Fsp3) is 0.167. The Morgan fingerprint density at radius 3 is 2.57 bits per heavy atom. The van der Waals surface area contributed by atoms with Crippen LogP contribution in [0.4, 0.5) is 29.8 Å². The van der Waals surface area contributed by atoms with Crippen LogP contribution in [0.15, 0.2) is 47.8 Å². The van der Waals surface area contributed by atoms with Crippen LogP contribution in [0.5, 0.6) is 5.75 Å². The van der Waals surface area contributed by atoms with E-state index in [4.69, 9.17) is 0 Å². The first-order chi connectivity index (χ1) is 13.3. The number of anilines is 3. The zero-order valence-corrected chi connectivity index (χ0v) is 15.4. The molecule has 1 aromatic carbocycles. The first kappa shape index (κ1) is 19.6. The number of thiazole rings is 1. The lowest BCUT2D eigenvalue weighted by Gasteiger charge is -2.09. The molecule has 2 aromatic heterocycles. The number of hydrogen-bond donors (Lipinski definition) is 2. The van der Waals surface area contributed by atoms with E-state index in [0.29, 0.717) is 22.3 Å². The highest BCUT2D eigenvalue weighted by Gasteiger charge is 2.30. The number of aromatic nitrogens is 2. The van der Waals surface area contributed by atoms with Crippen molar-refractivity contribution in [2.24, 2.45) is 0 Å². The Labute approximate surface area is 162 Å². The normalized spacial score (nSPS) is 11.1. The molecule has 0 aliphatic rings. The molecule has 2 N–H and O–H groups in total. The summed E-state index contributed by atoms with van der Waals surface area (Å²) in [7, 11) is 0. The maximum atomic E-state index is 12.1. The summed E-state index contributed by atoms with van der Waals surface area (Å²) in [5, 5.41) is 8.03. The van der Waals surface area contributed by atoms with Gasteiger partial charge in [-0.2, -0.15) is 0 Å². The van der Waals surface area contributed by atoms with Crippen molar-refractivity contribution in [2.45, 2.75) is 19.7 Å². The van der Waals surface area contributed by atoms with Crippen molar-refractivity contribution in [3.8, 4) is 5.75 Å². The molecule has 3 aromatic rings. The number of alkyl halides is 3. The molecule has 146 valence electrons. The molecule has 1 amide bonds. The van der Waals surface area contributed by atoms with E-state index in [9.17, 15) is 18.0 Å². The average molecular weight is 408 g/mol. The first-order valence-corrected chi connectivity index (χ1v) is 8.95. The van der Waals surface area contributed by atoms with Crippen LogP contribution in [-0.4, -0.2) is 22.2 Å². The number of carbonyl (C=O) groups is 1. The van der Waals surface area contributed by atoms with Crippen molar-refractivity contribution >= 4 is 33.9 Å². The predicted octanol–water partition coefficient (Wildman–Crippen LogP) is 4.67. The Hall–Kier alpha value is -3.14. The lowest BCUT2D eigenvalue weighted by atomic mass is 10.2. The summed E-state index contributed by atoms with van der Waals surface area (Å²) in [4.78, 5) is 20.8. The molecule has 0 fully saturated rings. The largest absolute Gasteiger partial charge is 0.573 e. The molecular weight excluding hydrogens is 393 g/mol. The van der Waals surface area contributed by atoms with Crippen LogP contribution in [-0.2, 0) is 11.2 Å². The Morgan fingerprint density at radius 1 is 1.14 bits per heavy atom. The van der Waals surface area contributed by atoms with Gasteiger partial charge in [0, 0.05) is 16.8 Å². The molecule has 0 spiro atoms. The van der Waals surface area contributed by atoms with Crippen molar-refractivity contribution < 1.29 is 22.7 Å². The molecule has 0 atom stereocenters. The second kappa shape index (κ2) is 8.26. The number of ether oxygens (including phenoxy) is 1. The van der Waals surface area contributed by atoms with Crippen molar-refractivity contribution in [2.75, 3.05) is 10.6 Å². The summed E-state index contributed by atoms with van der Waals surface area (Å²) in [6.45, 7) is 1.88. The van der Waals surface area contributed by atoms with E-state index in [1.165, 1.54) is 23.5 Å². The van der Waals surface area contributed by atoms with Gasteiger partial charge in [-0.3, -0.25) is 4.79 Å². The van der Waals surface area contributed by atoms with E-state index in [0.717, 1.165) is 17.8 Å². The third-order valence-electron chi connectivity index (χ3n) is 3.39. The highest BCUT2D eigenvalue weighted by molar-refractivity contribution is 7.13. The maximum absolute atomic E-state index is 12.1. The van der Waals surface area contributed by atoms with Gasteiger partial charge in [0.05, 0.1) is 12.1 Å². The van der Waals surface area contributed by atoms with Crippen LogP contribution in [0.1, 0.15) is 11.4 Å². The van der Waals surface area contributed by atoms with Crippen LogP contribution in [0.2, 0.25) is 0 Å². The van der Waals surface area contributed by atoms with Crippen molar-refractivity contribution in [3.05, 3.63) is 59.2 Å². The van der Waals surface area contributed by atoms with E-state index in [1.54, 1.807) is 5.38 Å². The number of carbonyl (C=O) groups excluding carboxylic acids is 1. The number of nitrogens with zero attached hydrogens (tertiary/aromatic N) is 2. The second-order valence-corrected chi connectivity index (χ2v) is 6.59. The van der Waals surface area contributed by atoms with Crippen LogP contribution < -0.4 is 15.4 Å². The molecule has 10 heteroatoms. The average Bonchev–Trinajstić information content (AvgIpc) is 3.02. The fourth-order valence-electron chi connectivity index (χ4n) is 2.28. The summed E-state index contributed by atoms with van der Waals surface area (Å²) in [5.74, 6) is -0.0352. The van der Waals surface area contributed by atoms with E-state index in [1.807, 2.05) is 25.1 Å². The molecule has 0 radical (unpaired) electrons. The quantitative estimate of drug-likeness (QED) is 0.620. The zero-order valence-electron chi connectivity index (χ0n) is 14.6. The van der Waals surface area contributed by atoms with Crippen LogP contribution >= 0.6 is 11.3 Å². The molecule has 0 saturated carbocycles. The Bertz CT molecular complexity index is 958. The standard InChI is InChI=1S/C18H15F3N4O2S/c1-11-3-2-4-15(22-11)25-17-24-13(10-28-17)9-16(26)23-12-5-7-14(8-6-12)27-18(19,20)21/h2-8,10H,9H2,1H3,(H,23,26)(H,22,24,25). The first-order valence-electron chi connectivity index (χ1n) is 8.07. The minimum absolute atomic E-state index is 0.0280. The van der Waals surface area contributed by atoms with Crippen LogP contribution in [0, 0.1) is 6.92 Å². The number of halogens is 3. The Balaban J connectivity index is 1.54. The summed E-state index contributed by atoms with van der Waals surface area (Å²) in [6, 6.07) is 10.5. The summed E-state index contributed by atoms with van der Waals surface area (Å²) >= 11 is 1.34. The fourth-order valence-corrected chi connectivity index (χ4v) is 2.99. The van der Waals surface area contributed by atoms with E-state index >= 15 is 0 Å². The molecule has 6 nitrogen and oxygen atoms in total. The van der Waals surface area contributed by atoms with Gasteiger partial charge in [-0.1, -0.05) is 6.07 Å². The van der Waals surface area contributed by atoms with Gasteiger partial charge in [0.1, 0.15) is 11.6 Å². The topological polar surface area (TPSA) is 76.1 Å². The van der Waals surface area contributed by atoms with E-state index in [2.05, 4.69) is 25.3 Å². The van der Waals surface area contributed by atoms with Gasteiger partial charge in [-0.15, -0.1) is 24.5 Å². The summed E-state index contributed by atoms with van der Waals surface area (Å²) < 4.78 is 40.2. The van der Waals surface area contributed by atoms with Gasteiger partial charge in [-0.25, -0.2) is 9.97 Å². The minimum atomic E-state index is -4.75. The third-order valence-corrected chi connectivity index (χ3v) is 4.19. The monoisotopic (exact) mass is 408 g/mol. The summed E-state index contributed by atoms with van der Waals surface area (Å²) in [5.41, 5.74) is 1.79. The lowest BCUT2D eigenvalue weighted by Crippen LogP contribution is -2.17. The van der Waals surface area contributed by atoms with Crippen molar-refractivity contribution in [3.63, 3.8) is 0 Å². The van der Waals surface area contributed by atoms with Gasteiger partial charge < -0.3 is 15.4 Å². The lowest BCUT2D eigenvalue weighted by molar-refractivity contribution is -0.274. The molecule has 28 heavy (non-hydrogen) atoms. The molecule has 0 aliphatic carbocycles. The van der Waals surface area contributed by atoms with Gasteiger partial charge in [0.15, 0.2) is 5.13 Å². The van der Waals surface area contributed by atoms with Crippen molar-refractivity contribution in [1.29, 1.82) is 0 Å². The number of rotatable bonds is 6. The smallest absolute Gasteiger partial charge is 0.406 e. The predicted molar refractivity (Wildman–Crippen MR) is 99.8 cm³/mol. The zero-order chi connectivity index (χ0) is 20.1. The van der Waals surface area contributed by atoms with Crippen molar-refractivity contribution in [1.82, 2.24) is 9.97 Å².